The molecule has 0 amide bonds. The van der Waals surface area contributed by atoms with E-state index in [1.54, 1.807) is 6.20 Å². The van der Waals surface area contributed by atoms with Crippen LogP contribution < -0.4 is 5.32 Å². The van der Waals surface area contributed by atoms with E-state index in [-0.39, 0.29) is 6.04 Å². The van der Waals surface area contributed by atoms with Crippen molar-refractivity contribution >= 4 is 11.5 Å². The maximum atomic E-state index is 9.06. The van der Waals surface area contributed by atoms with Gasteiger partial charge in [0.15, 0.2) is 0 Å². The lowest BCUT2D eigenvalue weighted by Gasteiger charge is -2.24. The number of nitrogens with zero attached hydrogens (tertiary/aromatic N) is 2. The van der Waals surface area contributed by atoms with Crippen molar-refractivity contribution in [1.82, 2.24) is 4.98 Å². The van der Waals surface area contributed by atoms with Crippen LogP contribution in [0.4, 0.5) is 5.82 Å². The van der Waals surface area contributed by atoms with Crippen LogP contribution in [0, 0.1) is 11.8 Å². The van der Waals surface area contributed by atoms with E-state index in [4.69, 9.17) is 5.21 Å². The fraction of sp³-hybridized carbons (Fsp3) is 0.500. The third kappa shape index (κ3) is 1.45. The van der Waals surface area contributed by atoms with Crippen LogP contribution in [0.5, 0.6) is 0 Å². The number of hydrogen-bond donors (Lipinski definition) is 2. The maximum absolute atomic E-state index is 9.06. The number of fused-ring (bicyclic) bond motifs is 2. The van der Waals surface area contributed by atoms with Crippen LogP contribution in [-0.4, -0.2) is 21.9 Å². The normalized spacial score (nSPS) is 34.5. The molecule has 1 aromatic rings. The molecule has 2 aliphatic rings. The third-order valence-electron chi connectivity index (χ3n) is 3.77. The van der Waals surface area contributed by atoms with Gasteiger partial charge in [0.05, 0.1) is 11.8 Å². The monoisotopic (exact) mass is 217 g/mol. The van der Waals surface area contributed by atoms with Gasteiger partial charge >= 0.3 is 0 Å². The summed E-state index contributed by atoms with van der Waals surface area (Å²) >= 11 is 0. The van der Waals surface area contributed by atoms with Gasteiger partial charge in [-0.1, -0.05) is 11.2 Å². The average Bonchev–Trinajstić information content (AvgIpc) is 2.91. The zero-order valence-electron chi connectivity index (χ0n) is 9.00. The second-order valence-corrected chi connectivity index (χ2v) is 4.63. The summed E-state index contributed by atoms with van der Waals surface area (Å²) in [4.78, 5) is 4.25. The van der Waals surface area contributed by atoms with E-state index in [1.807, 2.05) is 18.2 Å². The van der Waals surface area contributed by atoms with E-state index >= 15 is 0 Å². The number of aromatic nitrogens is 1. The highest BCUT2D eigenvalue weighted by molar-refractivity contribution is 5.96. The Morgan fingerprint density at radius 1 is 1.38 bits per heavy atom. The smallest absolute Gasteiger partial charge is 0.126 e. The van der Waals surface area contributed by atoms with Gasteiger partial charge < -0.3 is 10.5 Å². The fourth-order valence-corrected chi connectivity index (χ4v) is 3.03. The van der Waals surface area contributed by atoms with Crippen molar-refractivity contribution in [3.63, 3.8) is 0 Å². The van der Waals surface area contributed by atoms with Crippen molar-refractivity contribution in [3.05, 3.63) is 24.4 Å². The van der Waals surface area contributed by atoms with E-state index in [0.717, 1.165) is 18.0 Å². The molecule has 1 heterocycles. The lowest BCUT2D eigenvalue weighted by molar-refractivity contribution is 0.312. The minimum Gasteiger partial charge on any atom is -0.411 e. The molecule has 84 valence electrons. The molecule has 4 heteroatoms. The highest BCUT2D eigenvalue weighted by atomic mass is 16.4. The summed E-state index contributed by atoms with van der Waals surface area (Å²) in [7, 11) is 0. The van der Waals surface area contributed by atoms with E-state index in [2.05, 4.69) is 15.5 Å². The van der Waals surface area contributed by atoms with Crippen molar-refractivity contribution in [3.8, 4) is 0 Å². The van der Waals surface area contributed by atoms with Crippen molar-refractivity contribution in [2.75, 3.05) is 5.32 Å². The molecule has 0 aromatic carbocycles. The van der Waals surface area contributed by atoms with Gasteiger partial charge in [-0.25, -0.2) is 4.98 Å². The summed E-state index contributed by atoms with van der Waals surface area (Å²) in [6.45, 7) is 0. The van der Waals surface area contributed by atoms with Gasteiger partial charge in [0.25, 0.3) is 0 Å². The standard InChI is InChI=1S/C12H15N3O/c16-15-12-9-5-4-8(7-9)11(12)14-10-3-1-2-6-13-10/h1-3,6,8-9,11,16H,4-5,7H2,(H,13,14). The zero-order chi connectivity index (χ0) is 11.0. The van der Waals surface area contributed by atoms with Crippen molar-refractivity contribution in [2.45, 2.75) is 25.3 Å². The van der Waals surface area contributed by atoms with Crippen molar-refractivity contribution < 1.29 is 5.21 Å². The first-order chi connectivity index (χ1) is 7.88. The molecule has 2 saturated carbocycles. The zero-order valence-corrected chi connectivity index (χ0v) is 9.00. The summed E-state index contributed by atoms with van der Waals surface area (Å²) in [6.07, 6.45) is 5.33. The molecule has 2 aliphatic carbocycles. The van der Waals surface area contributed by atoms with Gasteiger partial charge in [0, 0.05) is 12.1 Å². The highest BCUT2D eigenvalue weighted by Gasteiger charge is 2.45. The van der Waals surface area contributed by atoms with Crippen LogP contribution in [0.15, 0.2) is 29.6 Å². The van der Waals surface area contributed by atoms with Gasteiger partial charge in [-0.15, -0.1) is 0 Å². The third-order valence-corrected chi connectivity index (χ3v) is 3.77. The van der Waals surface area contributed by atoms with Crippen LogP contribution in [0.25, 0.3) is 0 Å². The second kappa shape index (κ2) is 3.77. The lowest BCUT2D eigenvalue weighted by atomic mass is 9.93. The number of pyridine rings is 1. The Balaban J connectivity index is 1.80. The Morgan fingerprint density at radius 3 is 3.06 bits per heavy atom. The second-order valence-electron chi connectivity index (χ2n) is 4.63. The van der Waals surface area contributed by atoms with Crippen LogP contribution in [0.1, 0.15) is 19.3 Å². The molecule has 0 radical (unpaired) electrons. The summed E-state index contributed by atoms with van der Waals surface area (Å²) in [5.74, 6) is 1.95. The van der Waals surface area contributed by atoms with E-state index in [9.17, 15) is 0 Å². The minimum atomic E-state index is 0.179. The molecule has 4 nitrogen and oxygen atoms in total. The Labute approximate surface area is 94.4 Å². The maximum Gasteiger partial charge on any atom is 0.126 e. The molecular weight excluding hydrogens is 202 g/mol. The molecule has 2 fully saturated rings. The molecule has 1 aromatic heterocycles. The van der Waals surface area contributed by atoms with Gasteiger partial charge in [-0.2, -0.15) is 0 Å². The van der Waals surface area contributed by atoms with Crippen LogP contribution in [0.3, 0.4) is 0 Å². The predicted octanol–water partition coefficient (Wildman–Crippen LogP) is 2.12. The number of hydrogen-bond acceptors (Lipinski definition) is 4. The molecule has 3 rings (SSSR count). The molecule has 2 N–H and O–H groups in total. The van der Waals surface area contributed by atoms with Gasteiger partial charge in [0.1, 0.15) is 5.82 Å². The molecular formula is C12H15N3O. The first kappa shape index (κ1) is 9.63. The van der Waals surface area contributed by atoms with Gasteiger partial charge in [0.2, 0.25) is 0 Å². The number of oxime groups is 1. The quantitative estimate of drug-likeness (QED) is 0.589. The van der Waals surface area contributed by atoms with Crippen molar-refractivity contribution in [2.24, 2.45) is 17.0 Å². The molecule has 2 bridgehead atoms. The molecule has 0 saturated heterocycles. The first-order valence-corrected chi connectivity index (χ1v) is 5.78. The molecule has 16 heavy (non-hydrogen) atoms. The Hall–Kier alpha value is -1.58. The molecule has 0 spiro atoms. The topological polar surface area (TPSA) is 57.5 Å². The number of anilines is 1. The fourth-order valence-electron chi connectivity index (χ4n) is 3.03. The largest absolute Gasteiger partial charge is 0.411 e. The van der Waals surface area contributed by atoms with Crippen LogP contribution in [0.2, 0.25) is 0 Å². The Bertz CT molecular complexity index is 404. The molecule has 3 unspecified atom stereocenters. The average molecular weight is 217 g/mol. The summed E-state index contributed by atoms with van der Waals surface area (Å²) in [6, 6.07) is 5.98. The van der Waals surface area contributed by atoms with E-state index in [1.165, 1.54) is 12.8 Å². The summed E-state index contributed by atoms with van der Waals surface area (Å²) in [5, 5.41) is 15.9. The highest BCUT2D eigenvalue weighted by Crippen LogP contribution is 2.43. The summed E-state index contributed by atoms with van der Waals surface area (Å²) < 4.78 is 0. The van der Waals surface area contributed by atoms with Crippen LogP contribution >= 0.6 is 0 Å². The molecule has 0 aliphatic heterocycles. The van der Waals surface area contributed by atoms with Crippen molar-refractivity contribution in [1.29, 1.82) is 0 Å². The van der Waals surface area contributed by atoms with Crippen LogP contribution in [-0.2, 0) is 0 Å². The SMILES string of the molecule is ON=C1C2CCC(C2)C1Nc1ccccn1. The number of rotatable bonds is 2. The lowest BCUT2D eigenvalue weighted by Crippen LogP contribution is -2.35. The first-order valence-electron chi connectivity index (χ1n) is 5.78. The predicted molar refractivity (Wildman–Crippen MR) is 61.7 cm³/mol. The van der Waals surface area contributed by atoms with Gasteiger partial charge in [-0.3, -0.25) is 0 Å². The number of nitrogens with one attached hydrogen (secondary N) is 1. The Morgan fingerprint density at radius 2 is 2.31 bits per heavy atom. The minimum absolute atomic E-state index is 0.179. The van der Waals surface area contributed by atoms with Gasteiger partial charge in [-0.05, 0) is 37.3 Å². The summed E-state index contributed by atoms with van der Waals surface area (Å²) in [5.41, 5.74) is 0.918. The van der Waals surface area contributed by atoms with E-state index < -0.39 is 0 Å². The Kier molecular flexibility index (Phi) is 2.27. The van der Waals surface area contributed by atoms with E-state index in [0.29, 0.717) is 11.8 Å². The molecule has 3 atom stereocenters.